The third-order valence-corrected chi connectivity index (χ3v) is 14.7. The monoisotopic (exact) mass is 849 g/mol. The van der Waals surface area contributed by atoms with Crippen molar-refractivity contribution in [1.82, 2.24) is 9.80 Å². The maximum absolute atomic E-state index is 12.8. The Morgan fingerprint density at radius 2 is 1.13 bits per heavy atom. The molecule has 9 nitrogen and oxygen atoms in total. The van der Waals surface area contributed by atoms with Crippen LogP contribution in [-0.2, 0) is 19.2 Å². The van der Waals surface area contributed by atoms with Gasteiger partial charge in [-0.05, 0) is 78.2 Å². The predicted molar refractivity (Wildman–Crippen MR) is 230 cm³/mol. The fraction of sp³-hybridized carbons (Fsp3) is 0.211. The maximum atomic E-state index is 12.8. The third-order valence-electron chi connectivity index (χ3n) is 8.66. The van der Waals surface area contributed by atoms with Crippen LogP contribution in [0.3, 0.4) is 0 Å². The summed E-state index contributed by atoms with van der Waals surface area (Å²) in [5, 5.41) is 18.3. The van der Waals surface area contributed by atoms with E-state index in [1.54, 1.807) is 46.6 Å². The number of rotatable bonds is 13. The lowest BCUT2D eigenvalue weighted by Gasteiger charge is -2.33. The number of aliphatic carboxylic acids is 2. The lowest BCUT2D eigenvalue weighted by atomic mass is 10.1. The minimum absolute atomic E-state index is 0.243. The van der Waals surface area contributed by atoms with Crippen molar-refractivity contribution < 1.29 is 29.4 Å². The number of amides is 2. The number of thiocarbonyl (C=S) groups is 2. The summed E-state index contributed by atoms with van der Waals surface area (Å²) in [6.07, 6.45) is 8.13. The van der Waals surface area contributed by atoms with Gasteiger partial charge in [-0.15, -0.1) is 22.7 Å². The van der Waals surface area contributed by atoms with Gasteiger partial charge < -0.3 is 15.1 Å². The van der Waals surface area contributed by atoms with E-state index in [9.17, 15) is 19.2 Å². The Labute approximate surface area is 343 Å². The smallest absolute Gasteiger partial charge is 0.323 e. The van der Waals surface area contributed by atoms with Gasteiger partial charge in [0.05, 0.1) is 21.2 Å². The highest BCUT2D eigenvalue weighted by atomic mass is 32.2. The summed E-state index contributed by atoms with van der Waals surface area (Å²) in [4.78, 5) is 59.7. The molecule has 5 heterocycles. The van der Waals surface area contributed by atoms with E-state index in [1.807, 2.05) is 24.3 Å². The summed E-state index contributed by atoms with van der Waals surface area (Å²) in [7, 11) is 0. The average molecular weight is 850 g/mol. The molecule has 2 aromatic carbocycles. The highest BCUT2D eigenvalue weighted by molar-refractivity contribution is 8.27. The number of carboxylic acids is 2. The molecule has 2 saturated heterocycles. The first kappa shape index (κ1) is 38.5. The number of benzene rings is 2. The summed E-state index contributed by atoms with van der Waals surface area (Å²) in [6.45, 7) is 2.20. The number of hydrogen-bond donors (Lipinski definition) is 2. The van der Waals surface area contributed by atoms with Crippen molar-refractivity contribution in [3.05, 3.63) is 80.2 Å². The van der Waals surface area contributed by atoms with Gasteiger partial charge in [0, 0.05) is 35.8 Å². The Hall–Kier alpha value is -3.77. The SMILES string of the molecule is CCCCCCN1c2ccc(-c3ccc(/C=C4\SC(=S)N(CC(=O)O)C4=O)s3)cc2Sc2cc(-c3ccc(/C=C4\SC(=S)N(CC(=O)O)C4=O)s3)ccc21. The molecule has 7 rings (SSSR count). The number of unbranched alkanes of at least 4 members (excludes halogenated alkanes) is 3. The summed E-state index contributed by atoms with van der Waals surface area (Å²) in [5.74, 6) is -3.00. The highest BCUT2D eigenvalue weighted by Crippen LogP contribution is 2.51. The van der Waals surface area contributed by atoms with Crippen LogP contribution >= 0.6 is 82.4 Å². The van der Waals surface area contributed by atoms with Crippen LogP contribution in [0.2, 0.25) is 0 Å². The Morgan fingerprint density at radius 3 is 1.57 bits per heavy atom. The standard InChI is InChI=1S/C38H31N3O6S7/c1-2-3-4-5-14-39-25-10-6-21(27-12-8-23(50-27)17-31-35(46)40(19-33(42)43)37(48)53-31)15-29(25)52-30-16-22(7-11-26(30)39)28-13-9-24(51-28)18-32-36(47)41(20-34(44)45)38(49)54-32/h6-13,15-18H,2-5,14,19-20H2,1H3,(H,42,43)(H,44,45)/b31-17-,32-18-. The molecular weight excluding hydrogens is 819 g/mol. The molecule has 16 heteroatoms. The Morgan fingerprint density at radius 1 is 0.648 bits per heavy atom. The first-order valence-electron chi connectivity index (χ1n) is 16.9. The van der Waals surface area contributed by atoms with Crippen molar-refractivity contribution in [1.29, 1.82) is 0 Å². The number of carboxylic acid groups (broad SMARTS) is 2. The van der Waals surface area contributed by atoms with Gasteiger partial charge in [-0.1, -0.05) is 98.0 Å². The molecule has 0 aliphatic carbocycles. The third kappa shape index (κ3) is 8.25. The van der Waals surface area contributed by atoms with Crippen LogP contribution in [0.4, 0.5) is 11.4 Å². The summed E-state index contributed by atoms with van der Waals surface area (Å²) in [5.41, 5.74) is 4.45. The van der Waals surface area contributed by atoms with Gasteiger partial charge in [0.1, 0.15) is 21.7 Å². The summed E-state index contributed by atoms with van der Waals surface area (Å²) in [6, 6.07) is 21.1. The van der Waals surface area contributed by atoms with Crippen LogP contribution in [-0.4, -0.2) is 72.0 Å². The van der Waals surface area contributed by atoms with Crippen molar-refractivity contribution in [3.63, 3.8) is 0 Å². The molecule has 2 aromatic heterocycles. The number of hydrogen-bond acceptors (Lipinski definition) is 12. The second kappa shape index (κ2) is 16.5. The van der Waals surface area contributed by atoms with E-state index in [0.717, 1.165) is 111 Å². The van der Waals surface area contributed by atoms with Crippen LogP contribution in [0.1, 0.15) is 42.4 Å². The first-order valence-corrected chi connectivity index (χ1v) is 21.8. The number of anilines is 2. The van der Waals surface area contributed by atoms with Crippen molar-refractivity contribution >= 4 is 138 Å². The first-order chi connectivity index (χ1) is 26.0. The molecule has 54 heavy (non-hydrogen) atoms. The van der Waals surface area contributed by atoms with Gasteiger partial charge >= 0.3 is 11.9 Å². The van der Waals surface area contributed by atoms with Crippen LogP contribution in [0.5, 0.6) is 0 Å². The topological polar surface area (TPSA) is 118 Å². The fourth-order valence-corrected chi connectivity index (χ4v) is 11.8. The van der Waals surface area contributed by atoms with Crippen molar-refractivity contribution in [2.24, 2.45) is 0 Å². The van der Waals surface area contributed by atoms with E-state index < -0.39 is 36.8 Å². The molecule has 3 aliphatic heterocycles. The van der Waals surface area contributed by atoms with Crippen LogP contribution in [0.25, 0.3) is 33.0 Å². The van der Waals surface area contributed by atoms with Crippen molar-refractivity contribution in [2.45, 2.75) is 42.4 Å². The molecule has 0 saturated carbocycles. The second-order valence-electron chi connectivity index (χ2n) is 12.4. The molecule has 2 fully saturated rings. The lowest BCUT2D eigenvalue weighted by Crippen LogP contribution is -2.33. The molecule has 2 amide bonds. The minimum atomic E-state index is -1.11. The molecule has 3 aliphatic rings. The summed E-state index contributed by atoms with van der Waals surface area (Å²) >= 11 is 17.6. The van der Waals surface area contributed by atoms with Crippen LogP contribution < -0.4 is 4.90 Å². The number of thioether (sulfide) groups is 2. The molecule has 4 aromatic rings. The van der Waals surface area contributed by atoms with E-state index in [-0.39, 0.29) is 8.64 Å². The largest absolute Gasteiger partial charge is 0.480 e. The van der Waals surface area contributed by atoms with Crippen LogP contribution in [0, 0.1) is 0 Å². The van der Waals surface area contributed by atoms with Gasteiger partial charge in [0.25, 0.3) is 11.8 Å². The maximum Gasteiger partial charge on any atom is 0.323 e. The molecule has 0 unspecified atom stereocenters. The molecule has 0 radical (unpaired) electrons. The average Bonchev–Trinajstić information content (AvgIpc) is 3.92. The van der Waals surface area contributed by atoms with Gasteiger partial charge in [-0.3, -0.25) is 29.0 Å². The Bertz CT molecular complexity index is 2140. The molecule has 276 valence electrons. The minimum Gasteiger partial charge on any atom is -0.480 e. The molecule has 0 spiro atoms. The Balaban J connectivity index is 1.14. The second-order valence-corrected chi connectivity index (χ2v) is 19.1. The number of nitrogens with zero attached hydrogens (tertiary/aromatic N) is 3. The lowest BCUT2D eigenvalue weighted by molar-refractivity contribution is -0.140. The zero-order valence-corrected chi connectivity index (χ0v) is 34.3. The number of carbonyl (C=O) groups excluding carboxylic acids is 2. The van der Waals surface area contributed by atoms with E-state index >= 15 is 0 Å². The fourth-order valence-electron chi connectivity index (χ4n) is 6.10. The molecule has 2 N–H and O–H groups in total. The van der Waals surface area contributed by atoms with Gasteiger partial charge in [-0.25, -0.2) is 0 Å². The van der Waals surface area contributed by atoms with E-state index in [4.69, 9.17) is 34.6 Å². The quantitative estimate of drug-likeness (QED) is 0.0758. The number of carbonyl (C=O) groups is 4. The molecule has 0 bridgehead atoms. The van der Waals surface area contributed by atoms with E-state index in [2.05, 4.69) is 48.2 Å². The zero-order valence-electron chi connectivity index (χ0n) is 28.6. The number of thiophene rings is 2. The molecular formula is C38H31N3O6S7. The molecule has 0 atom stereocenters. The summed E-state index contributed by atoms with van der Waals surface area (Å²) < 4.78 is 0.486. The Kier molecular flexibility index (Phi) is 11.8. The van der Waals surface area contributed by atoms with Gasteiger partial charge in [0.15, 0.2) is 0 Å². The van der Waals surface area contributed by atoms with Crippen molar-refractivity contribution in [3.8, 4) is 20.9 Å². The van der Waals surface area contributed by atoms with E-state index in [1.165, 1.54) is 6.42 Å². The van der Waals surface area contributed by atoms with Gasteiger partial charge in [-0.2, -0.15) is 0 Å². The predicted octanol–water partition coefficient (Wildman–Crippen LogP) is 9.90. The van der Waals surface area contributed by atoms with Crippen LogP contribution in [0.15, 0.2) is 80.3 Å². The van der Waals surface area contributed by atoms with Crippen molar-refractivity contribution in [2.75, 3.05) is 24.5 Å². The zero-order chi connectivity index (χ0) is 38.1. The van der Waals surface area contributed by atoms with E-state index in [0.29, 0.717) is 9.81 Å². The van der Waals surface area contributed by atoms with Gasteiger partial charge in [0.2, 0.25) is 0 Å². The normalized spacial score (nSPS) is 16.9. The highest BCUT2D eigenvalue weighted by Gasteiger charge is 2.35. The number of fused-ring (bicyclic) bond motifs is 2.